The van der Waals surface area contributed by atoms with Gasteiger partial charge in [0, 0.05) is 5.69 Å². The Morgan fingerprint density at radius 1 is 0.931 bits per heavy atom. The molecule has 3 rings (SSSR count). The van der Waals surface area contributed by atoms with Gasteiger partial charge in [0.2, 0.25) is 5.91 Å². The van der Waals surface area contributed by atoms with E-state index in [0.717, 1.165) is 0 Å². The number of sulfonamides is 1. The second-order valence-electron chi connectivity index (χ2n) is 6.12. The number of amides is 1. The monoisotopic (exact) mass is 450 g/mol. The third-order valence-electron chi connectivity index (χ3n) is 3.95. The Bertz CT molecular complexity index is 1150. The molecule has 0 saturated carbocycles. The molecular weight excluding hydrogens is 435 g/mol. The fraction of sp³-hybridized carbons (Fsp3) is 0.0500. The molecule has 0 aliphatic carbocycles. The topological polar surface area (TPSA) is 95.5 Å². The number of rotatable bonds is 6. The van der Waals surface area contributed by atoms with Crippen LogP contribution in [0.25, 0.3) is 0 Å². The summed E-state index contributed by atoms with van der Waals surface area (Å²) in [5, 5.41) is 12.7. The smallest absolute Gasteiger partial charge is 0.261 e. The number of halogens is 2. The van der Waals surface area contributed by atoms with Crippen LogP contribution in [0.4, 0.5) is 11.4 Å². The van der Waals surface area contributed by atoms with E-state index < -0.39 is 10.0 Å². The fourth-order valence-electron chi connectivity index (χ4n) is 2.51. The van der Waals surface area contributed by atoms with Gasteiger partial charge in [-0.05, 0) is 48.0 Å². The lowest BCUT2D eigenvalue weighted by Gasteiger charge is -2.10. The molecule has 0 unspecified atom stereocenters. The molecule has 0 fully saturated rings. The summed E-state index contributed by atoms with van der Waals surface area (Å²) in [5.41, 5.74) is 1.33. The summed E-state index contributed by atoms with van der Waals surface area (Å²) in [6.45, 7) is 0. The first-order chi connectivity index (χ1) is 13.7. The van der Waals surface area contributed by atoms with E-state index in [9.17, 15) is 18.3 Å². The Morgan fingerprint density at radius 2 is 1.62 bits per heavy atom. The second kappa shape index (κ2) is 8.73. The zero-order chi connectivity index (χ0) is 21.0. The van der Waals surface area contributed by atoms with Crippen LogP contribution in [0, 0.1) is 0 Å². The third-order valence-corrected chi connectivity index (χ3v) is 6.07. The SMILES string of the molecule is O=C(Cc1ccc(NS(=O)(=O)c2ccc(Cl)c(Cl)c2)cc1)Nc1ccccc1O. The Morgan fingerprint density at radius 3 is 2.28 bits per heavy atom. The first kappa shape index (κ1) is 21.0. The number of benzene rings is 3. The molecule has 6 nitrogen and oxygen atoms in total. The van der Waals surface area contributed by atoms with Crippen LogP contribution in [0.15, 0.2) is 71.6 Å². The predicted molar refractivity (Wildman–Crippen MR) is 114 cm³/mol. The minimum atomic E-state index is -3.83. The van der Waals surface area contributed by atoms with Gasteiger partial charge in [0.25, 0.3) is 10.0 Å². The molecule has 0 heterocycles. The molecule has 3 N–H and O–H groups in total. The average Bonchev–Trinajstić information content (AvgIpc) is 2.67. The highest BCUT2D eigenvalue weighted by Gasteiger charge is 2.16. The van der Waals surface area contributed by atoms with Gasteiger partial charge in [0.15, 0.2) is 0 Å². The summed E-state index contributed by atoms with van der Waals surface area (Å²) in [6, 6.07) is 16.8. The number of phenols is 1. The number of hydrogen-bond donors (Lipinski definition) is 3. The molecule has 3 aromatic rings. The lowest BCUT2D eigenvalue weighted by molar-refractivity contribution is -0.115. The summed E-state index contributed by atoms with van der Waals surface area (Å²) in [6.07, 6.45) is 0.0636. The van der Waals surface area contributed by atoms with Gasteiger partial charge >= 0.3 is 0 Å². The van der Waals surface area contributed by atoms with Crippen molar-refractivity contribution in [3.05, 3.63) is 82.3 Å². The van der Waals surface area contributed by atoms with Crippen LogP contribution >= 0.6 is 23.2 Å². The minimum absolute atomic E-state index is 0.0157. The number of nitrogens with one attached hydrogen (secondary N) is 2. The lowest BCUT2D eigenvalue weighted by Crippen LogP contribution is -2.15. The number of hydrogen-bond acceptors (Lipinski definition) is 4. The van der Waals surface area contributed by atoms with E-state index >= 15 is 0 Å². The average molecular weight is 451 g/mol. The third kappa shape index (κ3) is 5.41. The van der Waals surface area contributed by atoms with Crippen molar-refractivity contribution in [3.63, 3.8) is 0 Å². The van der Waals surface area contributed by atoms with Crippen molar-refractivity contribution in [2.45, 2.75) is 11.3 Å². The van der Waals surface area contributed by atoms with Crippen LogP contribution in [0.5, 0.6) is 5.75 Å². The normalized spacial score (nSPS) is 11.1. The molecule has 0 radical (unpaired) electrons. The summed E-state index contributed by atoms with van der Waals surface area (Å²) in [5.74, 6) is -0.330. The van der Waals surface area contributed by atoms with Gasteiger partial charge in [-0.2, -0.15) is 0 Å². The zero-order valence-electron chi connectivity index (χ0n) is 14.9. The van der Waals surface area contributed by atoms with Gasteiger partial charge < -0.3 is 10.4 Å². The molecule has 29 heavy (non-hydrogen) atoms. The van der Waals surface area contributed by atoms with E-state index in [1.807, 2.05) is 0 Å². The van der Waals surface area contributed by atoms with Gasteiger partial charge in [-0.15, -0.1) is 0 Å². The maximum Gasteiger partial charge on any atom is 0.261 e. The van der Waals surface area contributed by atoms with Crippen molar-refractivity contribution in [1.29, 1.82) is 0 Å². The van der Waals surface area contributed by atoms with Gasteiger partial charge in [0.05, 0.1) is 27.0 Å². The highest BCUT2D eigenvalue weighted by Crippen LogP contribution is 2.26. The number of para-hydroxylation sites is 2. The molecule has 0 aliphatic rings. The predicted octanol–water partition coefficient (Wildman–Crippen LogP) is 4.68. The first-order valence-corrected chi connectivity index (χ1v) is 10.6. The molecule has 0 atom stereocenters. The lowest BCUT2D eigenvalue weighted by atomic mass is 10.1. The van der Waals surface area contributed by atoms with Crippen molar-refractivity contribution in [1.82, 2.24) is 0 Å². The van der Waals surface area contributed by atoms with E-state index in [0.29, 0.717) is 16.9 Å². The number of carbonyl (C=O) groups is 1. The second-order valence-corrected chi connectivity index (χ2v) is 8.62. The number of phenolic OH excluding ortho intramolecular Hbond substituents is 1. The van der Waals surface area contributed by atoms with Crippen LogP contribution in [0.3, 0.4) is 0 Å². The fourth-order valence-corrected chi connectivity index (χ4v) is 3.96. The molecule has 1 amide bonds. The summed E-state index contributed by atoms with van der Waals surface area (Å²) in [7, 11) is -3.83. The molecule has 0 spiro atoms. The maximum absolute atomic E-state index is 12.5. The van der Waals surface area contributed by atoms with Crippen LogP contribution in [-0.2, 0) is 21.2 Å². The van der Waals surface area contributed by atoms with Crippen LogP contribution in [0.1, 0.15) is 5.56 Å². The molecule has 150 valence electrons. The molecule has 0 aromatic heterocycles. The Hall–Kier alpha value is -2.74. The quantitative estimate of drug-likeness (QED) is 0.475. The van der Waals surface area contributed by atoms with Crippen LogP contribution in [0.2, 0.25) is 10.0 Å². The van der Waals surface area contributed by atoms with Crippen molar-refractivity contribution < 1.29 is 18.3 Å². The van der Waals surface area contributed by atoms with E-state index in [1.54, 1.807) is 42.5 Å². The van der Waals surface area contributed by atoms with Gasteiger partial charge in [-0.25, -0.2) is 8.42 Å². The van der Waals surface area contributed by atoms with Crippen LogP contribution < -0.4 is 10.0 Å². The Kier molecular flexibility index (Phi) is 6.32. The summed E-state index contributed by atoms with van der Waals surface area (Å²) >= 11 is 11.7. The van der Waals surface area contributed by atoms with Crippen molar-refractivity contribution in [2.75, 3.05) is 10.0 Å². The first-order valence-electron chi connectivity index (χ1n) is 8.39. The largest absolute Gasteiger partial charge is 0.506 e. The van der Waals surface area contributed by atoms with Gasteiger partial charge in [0.1, 0.15) is 5.75 Å². The standard InChI is InChI=1S/C20H16Cl2N2O4S/c21-16-10-9-15(12-17(16)22)29(27,28)24-14-7-5-13(6-8-14)11-20(26)23-18-3-1-2-4-19(18)25/h1-10,12,24-25H,11H2,(H,23,26). The maximum atomic E-state index is 12.5. The molecule has 0 bridgehead atoms. The van der Waals surface area contributed by atoms with Crippen LogP contribution in [-0.4, -0.2) is 19.4 Å². The van der Waals surface area contributed by atoms with E-state index in [-0.39, 0.29) is 33.0 Å². The molecular formula is C20H16Cl2N2O4S. The van der Waals surface area contributed by atoms with Crippen molar-refractivity contribution in [2.24, 2.45) is 0 Å². The molecule has 9 heteroatoms. The van der Waals surface area contributed by atoms with Crippen molar-refractivity contribution in [3.8, 4) is 5.75 Å². The van der Waals surface area contributed by atoms with E-state index in [4.69, 9.17) is 23.2 Å². The number of carbonyl (C=O) groups excluding carboxylic acids is 1. The minimum Gasteiger partial charge on any atom is -0.506 e. The number of anilines is 2. The summed E-state index contributed by atoms with van der Waals surface area (Å²) in [4.78, 5) is 12.1. The van der Waals surface area contributed by atoms with E-state index in [2.05, 4.69) is 10.0 Å². The van der Waals surface area contributed by atoms with Gasteiger partial charge in [-0.3, -0.25) is 9.52 Å². The van der Waals surface area contributed by atoms with Gasteiger partial charge in [-0.1, -0.05) is 47.5 Å². The number of aromatic hydroxyl groups is 1. The molecule has 0 saturated heterocycles. The highest BCUT2D eigenvalue weighted by atomic mass is 35.5. The summed E-state index contributed by atoms with van der Waals surface area (Å²) < 4.78 is 27.4. The highest BCUT2D eigenvalue weighted by molar-refractivity contribution is 7.92. The Labute approximate surface area is 178 Å². The molecule has 3 aromatic carbocycles. The zero-order valence-corrected chi connectivity index (χ0v) is 17.2. The molecule has 0 aliphatic heterocycles. The Balaban J connectivity index is 1.66. The van der Waals surface area contributed by atoms with Crippen molar-refractivity contribution >= 4 is 50.5 Å². The van der Waals surface area contributed by atoms with E-state index in [1.165, 1.54) is 24.3 Å².